The van der Waals surface area contributed by atoms with Gasteiger partial charge in [0.15, 0.2) is 0 Å². The van der Waals surface area contributed by atoms with Crippen molar-refractivity contribution >= 4 is 16.9 Å². The van der Waals surface area contributed by atoms with Crippen LogP contribution in [-0.2, 0) is 17.9 Å². The number of benzene rings is 1. The number of nitrogens with zero attached hydrogens (tertiary/aromatic N) is 1. The summed E-state index contributed by atoms with van der Waals surface area (Å²) in [6, 6.07) is 5.91. The van der Waals surface area contributed by atoms with Gasteiger partial charge in [-0.25, -0.2) is 4.39 Å². The molecule has 0 radical (unpaired) electrons. The molecule has 4 nitrogen and oxygen atoms in total. The molecule has 5 rings (SSSR count). The zero-order chi connectivity index (χ0) is 24.1. The molecule has 0 bridgehead atoms. The summed E-state index contributed by atoms with van der Waals surface area (Å²) < 4.78 is 13.5. The molecule has 2 N–H and O–H groups in total. The Hall–Kier alpha value is -2.14. The van der Waals surface area contributed by atoms with Crippen LogP contribution in [0.4, 0.5) is 4.39 Å². The van der Waals surface area contributed by atoms with Crippen molar-refractivity contribution in [2.45, 2.75) is 77.8 Å². The van der Waals surface area contributed by atoms with Crippen LogP contribution in [0.15, 0.2) is 30.9 Å². The van der Waals surface area contributed by atoms with E-state index < -0.39 is 18.1 Å². The summed E-state index contributed by atoms with van der Waals surface area (Å²) in [7, 11) is 0. The lowest BCUT2D eigenvalue weighted by Crippen LogP contribution is -2.58. The standard InChI is InChI=1S/C29H39FN2O2/c1-4-29-19-32(15-13-28(26(33)34)10-6-5-7-11-28)14-12-27(29,3)17-24-25(20(29)2)22-16-21(18-30)8-9-23(22)31-24/h4,8-9,16,20,31H,1,5-7,10-15,17-19H2,2-3H3,(H,33,34)/t20-,27+,29+/m0/s1. The van der Waals surface area contributed by atoms with Crippen molar-refractivity contribution in [3.05, 3.63) is 47.7 Å². The van der Waals surface area contributed by atoms with Gasteiger partial charge in [0.25, 0.3) is 0 Å². The lowest BCUT2D eigenvalue weighted by atomic mass is 9.49. The van der Waals surface area contributed by atoms with Crippen molar-refractivity contribution in [1.29, 1.82) is 0 Å². The highest BCUT2D eigenvalue weighted by Crippen LogP contribution is 2.61. The van der Waals surface area contributed by atoms with Crippen LogP contribution < -0.4 is 0 Å². The highest BCUT2D eigenvalue weighted by Gasteiger charge is 2.56. The second-order valence-electron chi connectivity index (χ2n) is 11.7. The van der Waals surface area contributed by atoms with E-state index in [2.05, 4.69) is 36.4 Å². The molecular weight excluding hydrogens is 427 g/mol. The van der Waals surface area contributed by atoms with E-state index in [4.69, 9.17) is 0 Å². The van der Waals surface area contributed by atoms with Crippen LogP contribution in [0.2, 0.25) is 0 Å². The van der Waals surface area contributed by atoms with Gasteiger partial charge in [-0.15, -0.1) is 6.58 Å². The van der Waals surface area contributed by atoms with Crippen molar-refractivity contribution in [2.75, 3.05) is 19.6 Å². The number of likely N-dealkylation sites (tertiary alicyclic amines) is 1. The number of hydrogen-bond acceptors (Lipinski definition) is 2. The number of hydrogen-bond donors (Lipinski definition) is 2. The first-order chi connectivity index (χ1) is 16.3. The Kier molecular flexibility index (Phi) is 5.91. The number of carbonyl (C=O) groups is 1. The Balaban J connectivity index is 1.45. The number of alkyl halides is 1. The predicted octanol–water partition coefficient (Wildman–Crippen LogP) is 6.61. The number of fused-ring (bicyclic) bond motifs is 4. The second kappa shape index (κ2) is 8.51. The number of carboxylic acid groups (broad SMARTS) is 1. The first-order valence-corrected chi connectivity index (χ1v) is 13.1. The molecular formula is C29H39FN2O2. The molecule has 2 aliphatic carbocycles. The van der Waals surface area contributed by atoms with Gasteiger partial charge in [0.2, 0.25) is 0 Å². The first-order valence-electron chi connectivity index (χ1n) is 13.1. The van der Waals surface area contributed by atoms with Gasteiger partial charge >= 0.3 is 5.97 Å². The number of piperidine rings is 1. The summed E-state index contributed by atoms with van der Waals surface area (Å²) in [6.45, 7) is 11.4. The normalized spacial score (nSPS) is 31.1. The van der Waals surface area contributed by atoms with Gasteiger partial charge in [-0.3, -0.25) is 4.79 Å². The van der Waals surface area contributed by atoms with Crippen LogP contribution >= 0.6 is 0 Å². The Morgan fingerprint density at radius 1 is 1.29 bits per heavy atom. The summed E-state index contributed by atoms with van der Waals surface area (Å²) in [5.41, 5.74) is 3.84. The van der Waals surface area contributed by atoms with E-state index in [0.717, 1.165) is 87.5 Å². The molecule has 0 amide bonds. The molecule has 1 aliphatic heterocycles. The average molecular weight is 467 g/mol. The number of aromatic amines is 1. The third-order valence-electron chi connectivity index (χ3n) is 10.0. The van der Waals surface area contributed by atoms with Crippen molar-refractivity contribution in [3.8, 4) is 0 Å². The number of halogens is 1. The number of H-pyrrole nitrogens is 1. The molecule has 34 heavy (non-hydrogen) atoms. The minimum atomic E-state index is -0.606. The summed E-state index contributed by atoms with van der Waals surface area (Å²) in [5.74, 6) is -0.362. The fourth-order valence-electron chi connectivity index (χ4n) is 7.72. The van der Waals surface area contributed by atoms with Gasteiger partial charge in [-0.2, -0.15) is 0 Å². The highest BCUT2D eigenvalue weighted by molar-refractivity contribution is 5.86. The van der Waals surface area contributed by atoms with Crippen LogP contribution in [0.1, 0.15) is 81.5 Å². The third kappa shape index (κ3) is 3.45. The van der Waals surface area contributed by atoms with Crippen molar-refractivity contribution in [3.63, 3.8) is 0 Å². The van der Waals surface area contributed by atoms with Crippen LogP contribution in [0.25, 0.3) is 10.9 Å². The molecule has 1 saturated carbocycles. The Bertz CT molecular complexity index is 1100. The smallest absolute Gasteiger partial charge is 0.309 e. The summed E-state index contributed by atoms with van der Waals surface area (Å²) >= 11 is 0. The molecule has 0 spiro atoms. The number of rotatable bonds is 6. The lowest BCUT2D eigenvalue weighted by molar-refractivity contribution is -0.152. The van der Waals surface area contributed by atoms with E-state index in [1.54, 1.807) is 0 Å². The number of aliphatic carboxylic acids is 1. The Morgan fingerprint density at radius 2 is 2.06 bits per heavy atom. The van der Waals surface area contributed by atoms with Gasteiger partial charge in [-0.05, 0) is 79.8 Å². The molecule has 5 heteroatoms. The maximum Gasteiger partial charge on any atom is 0.309 e. The van der Waals surface area contributed by atoms with Crippen LogP contribution in [0.3, 0.4) is 0 Å². The van der Waals surface area contributed by atoms with Crippen molar-refractivity contribution in [1.82, 2.24) is 9.88 Å². The SMILES string of the molecule is C=C[C@]12CN(CCC3(C(=O)O)CCCCC3)CC[C@]1(C)Cc1[nH]c3ccc(CF)cc3c1[C@@H]2C. The van der Waals surface area contributed by atoms with Crippen LogP contribution in [0.5, 0.6) is 0 Å². The molecule has 3 atom stereocenters. The summed E-state index contributed by atoms with van der Waals surface area (Å²) in [5, 5.41) is 11.2. The number of carboxylic acids is 1. The summed E-state index contributed by atoms with van der Waals surface area (Å²) in [4.78, 5) is 18.4. The number of nitrogens with one attached hydrogen (secondary N) is 1. The van der Waals surface area contributed by atoms with Crippen LogP contribution in [-0.4, -0.2) is 40.6 Å². The molecule has 2 fully saturated rings. The van der Waals surface area contributed by atoms with Gasteiger partial charge in [-0.1, -0.05) is 45.3 Å². The van der Waals surface area contributed by atoms with Crippen molar-refractivity contribution < 1.29 is 14.3 Å². The quantitative estimate of drug-likeness (QED) is 0.471. The molecule has 2 heterocycles. The largest absolute Gasteiger partial charge is 0.481 e. The van der Waals surface area contributed by atoms with E-state index in [1.807, 2.05) is 18.2 Å². The van der Waals surface area contributed by atoms with Gasteiger partial charge in [0.1, 0.15) is 6.67 Å². The molecule has 0 unspecified atom stereocenters. The highest BCUT2D eigenvalue weighted by atomic mass is 19.1. The summed E-state index contributed by atoms with van der Waals surface area (Å²) in [6.07, 6.45) is 9.80. The molecule has 1 saturated heterocycles. The zero-order valence-electron chi connectivity index (χ0n) is 20.8. The van der Waals surface area contributed by atoms with E-state index in [1.165, 1.54) is 11.3 Å². The molecule has 1 aromatic heterocycles. The van der Waals surface area contributed by atoms with E-state index in [0.29, 0.717) is 0 Å². The third-order valence-corrected chi connectivity index (χ3v) is 10.0. The van der Waals surface area contributed by atoms with E-state index in [-0.39, 0.29) is 16.7 Å². The molecule has 2 aromatic rings. The van der Waals surface area contributed by atoms with E-state index in [9.17, 15) is 14.3 Å². The van der Waals surface area contributed by atoms with Gasteiger partial charge < -0.3 is 15.0 Å². The monoisotopic (exact) mass is 466 g/mol. The minimum Gasteiger partial charge on any atom is -0.481 e. The fourth-order valence-corrected chi connectivity index (χ4v) is 7.72. The Morgan fingerprint density at radius 3 is 2.74 bits per heavy atom. The molecule has 1 aromatic carbocycles. The second-order valence-corrected chi connectivity index (χ2v) is 11.7. The molecule has 3 aliphatic rings. The molecule has 184 valence electrons. The van der Waals surface area contributed by atoms with E-state index >= 15 is 0 Å². The lowest BCUT2D eigenvalue weighted by Gasteiger charge is -2.59. The topological polar surface area (TPSA) is 56.3 Å². The maximum atomic E-state index is 13.5. The average Bonchev–Trinajstić information content (AvgIpc) is 3.20. The fraction of sp³-hybridized carbons (Fsp3) is 0.621. The van der Waals surface area contributed by atoms with Gasteiger partial charge in [0, 0.05) is 28.6 Å². The Labute approximate surface area is 202 Å². The first kappa shape index (κ1) is 23.6. The van der Waals surface area contributed by atoms with Gasteiger partial charge in [0.05, 0.1) is 5.41 Å². The maximum absolute atomic E-state index is 13.5. The zero-order valence-corrected chi connectivity index (χ0v) is 20.8. The minimum absolute atomic E-state index is 0.0801. The van der Waals surface area contributed by atoms with Crippen LogP contribution in [0, 0.1) is 16.2 Å². The predicted molar refractivity (Wildman–Crippen MR) is 135 cm³/mol. The number of aromatic nitrogens is 1. The van der Waals surface area contributed by atoms with Crippen molar-refractivity contribution in [2.24, 2.45) is 16.2 Å².